The highest BCUT2D eigenvalue weighted by Gasteiger charge is 2.52. The average Bonchev–Trinajstić information content (AvgIpc) is 2.69. The third-order valence-electron chi connectivity index (χ3n) is 4.43. The van der Waals surface area contributed by atoms with Gasteiger partial charge in [-0.2, -0.15) is 8.42 Å². The van der Waals surface area contributed by atoms with Gasteiger partial charge in [0.1, 0.15) is 15.8 Å². The van der Waals surface area contributed by atoms with E-state index in [9.17, 15) is 23.2 Å². The van der Waals surface area contributed by atoms with E-state index >= 15 is 0 Å². The van der Waals surface area contributed by atoms with E-state index in [2.05, 4.69) is 0 Å². The van der Waals surface area contributed by atoms with Crippen molar-refractivity contribution in [3.8, 4) is 11.5 Å². The Morgan fingerprint density at radius 1 is 0.690 bits per heavy atom. The van der Waals surface area contributed by atoms with Gasteiger partial charge in [0.15, 0.2) is 10.5 Å². The predicted octanol–water partition coefficient (Wildman–Crippen LogP) is 5.89. The monoisotopic (exact) mass is 492 g/mol. The molecule has 3 aromatic carbocycles. The van der Waals surface area contributed by atoms with E-state index in [0.717, 1.165) is 0 Å². The van der Waals surface area contributed by atoms with Crippen LogP contribution in [-0.4, -0.2) is 23.2 Å². The number of aromatic hydroxyl groups is 2. The van der Waals surface area contributed by atoms with Crippen molar-refractivity contribution in [1.29, 1.82) is 0 Å². The standard InChI is InChI=1S/C19H12Cl4O5S/c20-14-13(15(21)17(23)18(25)16(14)22)19(29(26,27)28,10-4-2-1-3-5-10)11-6-8-12(24)9-7-11/h1-9,24-25H,(H,26,27,28). The van der Waals surface area contributed by atoms with Crippen molar-refractivity contribution in [2.75, 3.05) is 0 Å². The number of benzene rings is 3. The Balaban J connectivity index is 2.64. The summed E-state index contributed by atoms with van der Waals surface area (Å²) in [6, 6.07) is 12.7. The maximum atomic E-state index is 13.0. The number of phenolic OH excluding ortho intramolecular Hbond substituents is 2. The maximum absolute atomic E-state index is 13.0. The lowest BCUT2D eigenvalue weighted by molar-refractivity contribution is 0.456. The lowest BCUT2D eigenvalue weighted by Gasteiger charge is -2.34. The van der Waals surface area contributed by atoms with Crippen molar-refractivity contribution in [3.63, 3.8) is 0 Å². The average molecular weight is 494 g/mol. The van der Waals surface area contributed by atoms with Crippen LogP contribution < -0.4 is 0 Å². The minimum atomic E-state index is -5.04. The summed E-state index contributed by atoms with van der Waals surface area (Å²) in [5.41, 5.74) is -0.256. The van der Waals surface area contributed by atoms with Gasteiger partial charge in [-0.25, -0.2) is 0 Å². The smallest absolute Gasteiger partial charge is 0.283 e. The Morgan fingerprint density at radius 2 is 1.14 bits per heavy atom. The van der Waals surface area contributed by atoms with E-state index in [-0.39, 0.29) is 22.4 Å². The van der Waals surface area contributed by atoms with Gasteiger partial charge >= 0.3 is 0 Å². The second-order valence-electron chi connectivity index (χ2n) is 6.05. The van der Waals surface area contributed by atoms with Crippen LogP contribution >= 0.6 is 46.4 Å². The van der Waals surface area contributed by atoms with Crippen LogP contribution in [0.15, 0.2) is 54.6 Å². The molecule has 0 aromatic heterocycles. The fourth-order valence-corrected chi connectivity index (χ4v) is 5.75. The fourth-order valence-electron chi connectivity index (χ4n) is 3.18. The Morgan fingerprint density at radius 3 is 1.59 bits per heavy atom. The van der Waals surface area contributed by atoms with Gasteiger partial charge in [-0.3, -0.25) is 4.55 Å². The van der Waals surface area contributed by atoms with Crippen LogP contribution in [-0.2, 0) is 14.9 Å². The van der Waals surface area contributed by atoms with Crippen molar-refractivity contribution in [3.05, 3.63) is 91.4 Å². The lowest BCUT2D eigenvalue weighted by atomic mass is 9.83. The van der Waals surface area contributed by atoms with Crippen molar-refractivity contribution < 1.29 is 23.2 Å². The van der Waals surface area contributed by atoms with Gasteiger partial charge in [-0.15, -0.1) is 0 Å². The zero-order valence-corrected chi connectivity index (χ0v) is 18.1. The molecule has 1 unspecified atom stereocenters. The van der Waals surface area contributed by atoms with Crippen molar-refractivity contribution in [2.45, 2.75) is 4.75 Å². The molecule has 0 spiro atoms. The highest BCUT2D eigenvalue weighted by Crippen LogP contribution is 2.55. The number of rotatable bonds is 4. The van der Waals surface area contributed by atoms with Gasteiger partial charge in [0.25, 0.3) is 10.1 Å². The highest BCUT2D eigenvalue weighted by atomic mass is 35.5. The Hall–Kier alpha value is -1.67. The molecule has 0 saturated carbocycles. The summed E-state index contributed by atoms with van der Waals surface area (Å²) in [7, 11) is -5.04. The minimum absolute atomic E-state index is 0.00521. The Labute approximate surface area is 186 Å². The molecule has 0 amide bonds. The molecular weight excluding hydrogens is 482 g/mol. The number of halogens is 4. The molecule has 0 aliphatic heterocycles. The van der Waals surface area contributed by atoms with E-state index in [4.69, 9.17) is 46.4 Å². The number of hydrogen-bond donors (Lipinski definition) is 3. The first-order valence-corrected chi connectivity index (χ1v) is 10.9. The molecule has 0 saturated heterocycles. The molecule has 0 heterocycles. The molecule has 0 bridgehead atoms. The van der Waals surface area contributed by atoms with Crippen molar-refractivity contribution in [1.82, 2.24) is 0 Å². The van der Waals surface area contributed by atoms with E-state index in [0.29, 0.717) is 0 Å². The SMILES string of the molecule is O=S(=O)(O)C(c1ccccc1)(c1ccc(O)cc1)c1c(Cl)c(Cl)c(O)c(Cl)c1Cl. The number of phenols is 2. The van der Waals surface area contributed by atoms with E-state index in [1.807, 2.05) is 0 Å². The predicted molar refractivity (Wildman–Crippen MR) is 114 cm³/mol. The summed E-state index contributed by atoms with van der Waals surface area (Å²) >= 11 is 24.8. The molecular formula is C19H12Cl4O5S. The molecule has 152 valence electrons. The van der Waals surface area contributed by atoms with Crippen LogP contribution in [0.4, 0.5) is 0 Å². The fraction of sp³-hybridized carbons (Fsp3) is 0.0526. The molecule has 29 heavy (non-hydrogen) atoms. The largest absolute Gasteiger partial charge is 0.508 e. The molecule has 3 rings (SSSR count). The van der Waals surface area contributed by atoms with E-state index in [1.54, 1.807) is 18.2 Å². The highest BCUT2D eigenvalue weighted by molar-refractivity contribution is 7.87. The van der Waals surface area contributed by atoms with Crippen molar-refractivity contribution >= 4 is 56.5 Å². The van der Waals surface area contributed by atoms with Crippen LogP contribution in [0.25, 0.3) is 0 Å². The summed E-state index contributed by atoms with van der Waals surface area (Å²) in [5, 5.41) is 18.0. The normalized spacial score (nSPS) is 13.8. The number of hydrogen-bond acceptors (Lipinski definition) is 4. The summed E-state index contributed by atoms with van der Waals surface area (Å²) < 4.78 is 34.1. The first kappa shape index (κ1) is 22.0. The van der Waals surface area contributed by atoms with Gasteiger partial charge in [0.05, 0.1) is 10.0 Å². The van der Waals surface area contributed by atoms with E-state index < -0.39 is 40.7 Å². The molecule has 3 N–H and O–H groups in total. The first-order valence-electron chi connectivity index (χ1n) is 7.91. The van der Waals surface area contributed by atoms with Gasteiger partial charge in [-0.05, 0) is 23.3 Å². The second-order valence-corrected chi connectivity index (χ2v) is 9.12. The molecule has 5 nitrogen and oxygen atoms in total. The molecule has 0 radical (unpaired) electrons. The Bertz CT molecular complexity index is 1150. The third kappa shape index (κ3) is 3.44. The van der Waals surface area contributed by atoms with Crippen LogP contribution in [0.3, 0.4) is 0 Å². The summed E-state index contributed by atoms with van der Waals surface area (Å²) in [6.07, 6.45) is 0. The van der Waals surface area contributed by atoms with Gasteiger partial charge in [0, 0.05) is 5.56 Å². The van der Waals surface area contributed by atoms with Gasteiger partial charge in [-0.1, -0.05) is 88.9 Å². The Kier molecular flexibility index (Phi) is 5.98. The topological polar surface area (TPSA) is 94.8 Å². The minimum Gasteiger partial charge on any atom is -0.508 e. The molecule has 10 heteroatoms. The third-order valence-corrected chi connectivity index (χ3v) is 7.57. The molecule has 0 aliphatic carbocycles. The molecule has 0 fully saturated rings. The second kappa shape index (κ2) is 7.87. The van der Waals surface area contributed by atoms with Crippen LogP contribution in [0.2, 0.25) is 20.1 Å². The van der Waals surface area contributed by atoms with Crippen molar-refractivity contribution in [2.24, 2.45) is 0 Å². The van der Waals surface area contributed by atoms with Gasteiger partial charge < -0.3 is 10.2 Å². The summed E-state index contributed by atoms with van der Waals surface area (Å²) in [5.74, 6) is -0.764. The summed E-state index contributed by atoms with van der Waals surface area (Å²) in [6.45, 7) is 0. The van der Waals surface area contributed by atoms with Crippen LogP contribution in [0.1, 0.15) is 16.7 Å². The first-order chi connectivity index (χ1) is 13.5. The van der Waals surface area contributed by atoms with Gasteiger partial charge in [0.2, 0.25) is 0 Å². The zero-order valence-electron chi connectivity index (χ0n) is 14.3. The lowest BCUT2D eigenvalue weighted by Crippen LogP contribution is -2.39. The van der Waals surface area contributed by atoms with E-state index in [1.165, 1.54) is 36.4 Å². The molecule has 0 aliphatic rings. The molecule has 3 aromatic rings. The zero-order chi connectivity index (χ0) is 21.6. The summed E-state index contributed by atoms with van der Waals surface area (Å²) in [4.78, 5) is 0. The van der Waals surface area contributed by atoms with Crippen LogP contribution in [0.5, 0.6) is 11.5 Å². The quantitative estimate of drug-likeness (QED) is 0.239. The van der Waals surface area contributed by atoms with Crippen LogP contribution in [0, 0.1) is 0 Å². The maximum Gasteiger partial charge on any atom is 0.283 e. The molecule has 1 atom stereocenters.